The Morgan fingerprint density at radius 2 is 2.20 bits per heavy atom. The van der Waals surface area contributed by atoms with Crippen LogP contribution in [0, 0.1) is 0 Å². The monoisotopic (exact) mass is 266 g/mol. The van der Waals surface area contributed by atoms with E-state index >= 15 is 0 Å². The highest BCUT2D eigenvalue weighted by molar-refractivity contribution is 8.13. The molecule has 0 aliphatic heterocycles. The summed E-state index contributed by atoms with van der Waals surface area (Å²) >= 11 is 5.67. The average molecular weight is 267 g/mol. The van der Waals surface area contributed by atoms with Gasteiger partial charge >= 0.3 is 0 Å². The molecule has 0 N–H and O–H groups in total. The molecule has 15 heavy (non-hydrogen) atoms. The maximum absolute atomic E-state index is 10.8. The van der Waals surface area contributed by atoms with Gasteiger partial charge in [-0.15, -0.1) is 5.10 Å². The van der Waals surface area contributed by atoms with Crippen LogP contribution in [0.15, 0.2) is 12.4 Å². The third-order valence-corrected chi connectivity index (χ3v) is 2.63. The molecule has 0 aromatic carbocycles. The highest BCUT2D eigenvalue weighted by Gasteiger charge is 2.12. The second-order valence-corrected chi connectivity index (χ2v) is 5.94. The first-order chi connectivity index (χ1) is 6.94. The van der Waals surface area contributed by atoms with Crippen molar-refractivity contribution >= 4 is 37.1 Å². The van der Waals surface area contributed by atoms with Crippen LogP contribution in [0.3, 0.4) is 0 Å². The zero-order valence-electron chi connectivity index (χ0n) is 7.13. The highest BCUT2D eigenvalue weighted by Crippen LogP contribution is 2.09. The fourth-order valence-corrected chi connectivity index (χ4v) is 1.88. The maximum Gasteiger partial charge on any atom is 0.252 e. The topological polar surface area (TPSA) is 77.2 Å². The van der Waals surface area contributed by atoms with Gasteiger partial charge in [-0.1, -0.05) is 11.6 Å². The number of nitrogens with zero attached hydrogens (tertiary/aromatic N) is 4. The van der Waals surface area contributed by atoms with Crippen molar-refractivity contribution < 1.29 is 8.42 Å². The van der Waals surface area contributed by atoms with Crippen LogP contribution in [-0.4, -0.2) is 28.0 Å². The van der Waals surface area contributed by atoms with E-state index in [4.69, 9.17) is 22.3 Å². The molecule has 0 radical (unpaired) electrons. The lowest BCUT2D eigenvalue weighted by Gasteiger charge is -1.89. The third-order valence-electron chi connectivity index (χ3n) is 1.51. The van der Waals surface area contributed by atoms with E-state index in [1.807, 2.05) is 0 Å². The Labute approximate surface area is 94.3 Å². The molecule has 9 heteroatoms. The molecule has 0 saturated carbocycles. The van der Waals surface area contributed by atoms with Gasteiger partial charge in [-0.05, 0) is 0 Å². The standard InChI is InChI=1S/C6H4Cl2N4O2S/c7-4-1-9-6-10-5(3-15(8,13)14)11-12(6)2-4/h1-2H,3H2. The molecule has 0 spiro atoms. The summed E-state index contributed by atoms with van der Waals surface area (Å²) in [5, 5.41) is 4.24. The Balaban J connectivity index is 2.48. The summed E-state index contributed by atoms with van der Waals surface area (Å²) in [7, 11) is 1.40. The van der Waals surface area contributed by atoms with E-state index in [9.17, 15) is 8.42 Å². The van der Waals surface area contributed by atoms with E-state index in [1.54, 1.807) is 0 Å². The molecule has 0 amide bonds. The van der Waals surface area contributed by atoms with Crippen LogP contribution in [0.1, 0.15) is 5.82 Å². The number of fused-ring (bicyclic) bond motifs is 1. The number of hydrogen-bond donors (Lipinski definition) is 0. The van der Waals surface area contributed by atoms with Crippen molar-refractivity contribution in [2.75, 3.05) is 0 Å². The first-order valence-corrected chi connectivity index (χ1v) is 6.59. The van der Waals surface area contributed by atoms with E-state index in [0.717, 1.165) is 0 Å². The van der Waals surface area contributed by atoms with E-state index < -0.39 is 14.8 Å². The molecule has 0 atom stereocenters. The second-order valence-electron chi connectivity index (χ2n) is 2.73. The van der Waals surface area contributed by atoms with Gasteiger partial charge in [0.25, 0.3) is 5.78 Å². The van der Waals surface area contributed by atoms with Crippen molar-refractivity contribution in [1.29, 1.82) is 0 Å². The summed E-state index contributed by atoms with van der Waals surface area (Å²) in [4.78, 5) is 7.71. The molecule has 2 rings (SSSR count). The summed E-state index contributed by atoms with van der Waals surface area (Å²) in [5.41, 5.74) is 0. The summed E-state index contributed by atoms with van der Waals surface area (Å²) < 4.78 is 22.8. The first kappa shape index (κ1) is 10.6. The molecular formula is C6H4Cl2N4O2S. The van der Waals surface area contributed by atoms with Crippen LogP contribution < -0.4 is 0 Å². The van der Waals surface area contributed by atoms with Gasteiger partial charge < -0.3 is 0 Å². The number of halogens is 2. The van der Waals surface area contributed by atoms with Crippen LogP contribution in [0.4, 0.5) is 0 Å². The Kier molecular flexibility index (Phi) is 2.53. The minimum absolute atomic E-state index is 0.0831. The molecule has 0 bridgehead atoms. The van der Waals surface area contributed by atoms with E-state index in [0.29, 0.717) is 5.02 Å². The van der Waals surface area contributed by atoms with Gasteiger partial charge in [0.2, 0.25) is 9.05 Å². The van der Waals surface area contributed by atoms with Crippen molar-refractivity contribution in [3.63, 3.8) is 0 Å². The van der Waals surface area contributed by atoms with Crippen LogP contribution in [-0.2, 0) is 14.8 Å². The Hall–Kier alpha value is -0.920. The molecule has 0 fully saturated rings. The molecule has 2 aromatic heterocycles. The molecule has 0 saturated heterocycles. The van der Waals surface area contributed by atoms with Crippen LogP contribution >= 0.6 is 22.3 Å². The highest BCUT2D eigenvalue weighted by atomic mass is 35.7. The SMILES string of the molecule is O=S(=O)(Cl)Cc1nc2ncc(Cl)cn2n1. The average Bonchev–Trinajstić information content (AvgIpc) is 2.42. The molecule has 2 aromatic rings. The van der Waals surface area contributed by atoms with Crippen molar-refractivity contribution in [3.05, 3.63) is 23.2 Å². The van der Waals surface area contributed by atoms with E-state index in [-0.39, 0.29) is 11.6 Å². The number of rotatable bonds is 2. The number of hydrogen-bond acceptors (Lipinski definition) is 5. The van der Waals surface area contributed by atoms with Gasteiger partial charge in [0.05, 0.1) is 17.4 Å². The predicted molar refractivity (Wildman–Crippen MR) is 54.3 cm³/mol. The van der Waals surface area contributed by atoms with Crippen molar-refractivity contribution in [3.8, 4) is 0 Å². The fourth-order valence-electron chi connectivity index (χ4n) is 1.02. The molecular weight excluding hydrogens is 263 g/mol. The summed E-state index contributed by atoms with van der Waals surface area (Å²) in [6, 6.07) is 0. The normalized spacial score (nSPS) is 12.1. The summed E-state index contributed by atoms with van der Waals surface area (Å²) in [6.45, 7) is 0. The minimum Gasteiger partial charge on any atom is -0.218 e. The largest absolute Gasteiger partial charge is 0.252 e. The first-order valence-electron chi connectivity index (χ1n) is 3.73. The lowest BCUT2D eigenvalue weighted by Crippen LogP contribution is -1.97. The van der Waals surface area contributed by atoms with Gasteiger partial charge in [-0.3, -0.25) is 0 Å². The van der Waals surface area contributed by atoms with Gasteiger partial charge in [-0.2, -0.15) is 4.98 Å². The van der Waals surface area contributed by atoms with Crippen molar-refractivity contribution in [2.45, 2.75) is 5.75 Å². The lowest BCUT2D eigenvalue weighted by molar-refractivity contribution is 0.607. The summed E-state index contributed by atoms with van der Waals surface area (Å²) in [6.07, 6.45) is 2.87. The van der Waals surface area contributed by atoms with Crippen LogP contribution in [0.25, 0.3) is 5.78 Å². The lowest BCUT2D eigenvalue weighted by atomic mass is 10.7. The molecule has 0 unspecified atom stereocenters. The third kappa shape index (κ3) is 2.55. The Morgan fingerprint density at radius 3 is 2.87 bits per heavy atom. The van der Waals surface area contributed by atoms with Gasteiger partial charge in [0.15, 0.2) is 5.82 Å². The summed E-state index contributed by atoms with van der Waals surface area (Å²) in [5.74, 6) is -0.0790. The van der Waals surface area contributed by atoms with Gasteiger partial charge in [0.1, 0.15) is 5.75 Å². The zero-order valence-corrected chi connectivity index (χ0v) is 9.46. The van der Waals surface area contributed by atoms with Crippen molar-refractivity contribution in [1.82, 2.24) is 19.6 Å². The Bertz CT molecular complexity index is 609. The van der Waals surface area contributed by atoms with Crippen LogP contribution in [0.2, 0.25) is 5.02 Å². The quantitative estimate of drug-likeness (QED) is 0.754. The van der Waals surface area contributed by atoms with Crippen molar-refractivity contribution in [2.24, 2.45) is 0 Å². The molecule has 0 aliphatic carbocycles. The number of aromatic nitrogens is 4. The maximum atomic E-state index is 10.8. The molecule has 6 nitrogen and oxygen atoms in total. The Morgan fingerprint density at radius 1 is 1.47 bits per heavy atom. The fraction of sp³-hybridized carbons (Fsp3) is 0.167. The van der Waals surface area contributed by atoms with Gasteiger partial charge in [-0.25, -0.2) is 17.9 Å². The van der Waals surface area contributed by atoms with E-state index in [1.165, 1.54) is 16.9 Å². The van der Waals surface area contributed by atoms with Gasteiger partial charge in [0, 0.05) is 10.7 Å². The smallest absolute Gasteiger partial charge is 0.218 e. The second kappa shape index (κ2) is 3.58. The predicted octanol–water partition coefficient (Wildman–Crippen LogP) is 0.846. The van der Waals surface area contributed by atoms with E-state index in [2.05, 4.69) is 15.1 Å². The molecule has 80 valence electrons. The zero-order chi connectivity index (χ0) is 11.1. The molecule has 0 aliphatic rings. The van der Waals surface area contributed by atoms with Crippen LogP contribution in [0.5, 0.6) is 0 Å². The molecule has 2 heterocycles. The minimum atomic E-state index is -3.66.